The predicted molar refractivity (Wildman–Crippen MR) is 84.0 cm³/mol. The highest BCUT2D eigenvalue weighted by Crippen LogP contribution is 2.18. The Morgan fingerprint density at radius 3 is 2.76 bits per heavy atom. The molecule has 0 spiro atoms. The third-order valence-corrected chi connectivity index (χ3v) is 3.93. The average molecular weight is 280 g/mol. The van der Waals surface area contributed by atoms with E-state index in [9.17, 15) is 4.79 Å². The molecule has 1 aliphatic rings. The van der Waals surface area contributed by atoms with E-state index in [1.165, 1.54) is 16.7 Å². The number of carbonyl (C=O) groups is 1. The number of carbonyl (C=O) groups excluding carboxylic acids is 1. The number of fused-ring (bicyclic) bond motifs is 1. The van der Waals surface area contributed by atoms with Crippen LogP contribution in [0.5, 0.6) is 0 Å². The topological polar surface area (TPSA) is 32.3 Å². The van der Waals surface area contributed by atoms with E-state index in [1.807, 2.05) is 25.2 Å². The lowest BCUT2D eigenvalue weighted by Gasteiger charge is -2.18. The lowest BCUT2D eigenvalue weighted by molar-refractivity contribution is 0.0785. The van der Waals surface area contributed by atoms with Gasteiger partial charge in [-0.05, 0) is 35.7 Å². The Labute approximate surface area is 125 Å². The first-order valence-electron chi connectivity index (χ1n) is 7.27. The molecule has 2 aromatic carbocycles. The predicted octanol–water partition coefficient (Wildman–Crippen LogP) is 2.87. The maximum absolute atomic E-state index is 12.5. The summed E-state index contributed by atoms with van der Waals surface area (Å²) in [6, 6.07) is 14.3. The number of benzene rings is 2. The highest BCUT2D eigenvalue weighted by molar-refractivity contribution is 5.94. The molecule has 0 aliphatic carbocycles. The third kappa shape index (κ3) is 2.98. The minimum atomic E-state index is 0.0752. The van der Waals surface area contributed by atoms with Gasteiger partial charge in [-0.25, -0.2) is 0 Å². The fraction of sp³-hybridized carbons (Fsp3) is 0.278. The zero-order valence-corrected chi connectivity index (χ0v) is 12.5. The monoisotopic (exact) mass is 280 g/mol. The molecule has 2 aromatic rings. The molecule has 0 bridgehead atoms. The van der Waals surface area contributed by atoms with Crippen molar-refractivity contribution in [2.75, 3.05) is 7.05 Å². The van der Waals surface area contributed by atoms with Crippen molar-refractivity contribution in [2.24, 2.45) is 0 Å². The number of nitrogens with zero attached hydrogens (tertiary/aromatic N) is 1. The van der Waals surface area contributed by atoms with Crippen LogP contribution in [-0.2, 0) is 19.6 Å². The molecule has 1 amide bonds. The molecule has 0 unspecified atom stereocenters. The fourth-order valence-corrected chi connectivity index (χ4v) is 2.80. The zero-order valence-electron chi connectivity index (χ0n) is 12.5. The SMILES string of the molecule is Cc1cccc(CN(C)C(=O)c2ccc3c(c2)CNC3)c1. The van der Waals surface area contributed by atoms with Crippen molar-refractivity contribution >= 4 is 5.91 Å². The fourth-order valence-electron chi connectivity index (χ4n) is 2.80. The summed E-state index contributed by atoms with van der Waals surface area (Å²) >= 11 is 0. The van der Waals surface area contributed by atoms with Gasteiger partial charge in [0.15, 0.2) is 0 Å². The van der Waals surface area contributed by atoms with Gasteiger partial charge < -0.3 is 10.2 Å². The Morgan fingerprint density at radius 2 is 1.95 bits per heavy atom. The molecule has 3 heteroatoms. The first-order chi connectivity index (χ1) is 10.1. The zero-order chi connectivity index (χ0) is 14.8. The van der Waals surface area contributed by atoms with E-state index < -0.39 is 0 Å². The molecule has 0 saturated heterocycles. The molecule has 1 N–H and O–H groups in total. The number of nitrogens with one attached hydrogen (secondary N) is 1. The summed E-state index contributed by atoms with van der Waals surface area (Å²) in [7, 11) is 1.86. The van der Waals surface area contributed by atoms with Crippen molar-refractivity contribution < 1.29 is 4.79 Å². The van der Waals surface area contributed by atoms with Crippen molar-refractivity contribution in [2.45, 2.75) is 26.6 Å². The summed E-state index contributed by atoms with van der Waals surface area (Å²) in [5, 5.41) is 3.30. The minimum Gasteiger partial charge on any atom is -0.337 e. The molecular formula is C18H20N2O. The third-order valence-electron chi connectivity index (χ3n) is 3.93. The van der Waals surface area contributed by atoms with E-state index in [-0.39, 0.29) is 5.91 Å². The Kier molecular flexibility index (Phi) is 3.76. The van der Waals surface area contributed by atoms with Gasteiger partial charge in [0.2, 0.25) is 0 Å². The molecule has 108 valence electrons. The van der Waals surface area contributed by atoms with Gasteiger partial charge in [0.05, 0.1) is 0 Å². The van der Waals surface area contributed by atoms with E-state index >= 15 is 0 Å². The summed E-state index contributed by atoms with van der Waals surface area (Å²) in [6.07, 6.45) is 0. The second kappa shape index (κ2) is 5.70. The molecule has 0 atom stereocenters. The maximum Gasteiger partial charge on any atom is 0.253 e. The van der Waals surface area contributed by atoms with Crippen LogP contribution in [0.1, 0.15) is 32.6 Å². The van der Waals surface area contributed by atoms with Crippen molar-refractivity contribution in [1.29, 1.82) is 0 Å². The van der Waals surface area contributed by atoms with Crippen LogP contribution in [0, 0.1) is 6.92 Å². The van der Waals surface area contributed by atoms with Crippen molar-refractivity contribution in [3.05, 3.63) is 70.3 Å². The van der Waals surface area contributed by atoms with Crippen LogP contribution >= 0.6 is 0 Å². The number of amides is 1. The van der Waals surface area contributed by atoms with E-state index in [2.05, 4.69) is 36.5 Å². The van der Waals surface area contributed by atoms with Gasteiger partial charge in [-0.2, -0.15) is 0 Å². The van der Waals surface area contributed by atoms with E-state index in [0.29, 0.717) is 6.54 Å². The molecule has 3 nitrogen and oxygen atoms in total. The summed E-state index contributed by atoms with van der Waals surface area (Å²) in [5.41, 5.74) is 5.69. The highest BCUT2D eigenvalue weighted by atomic mass is 16.2. The smallest absolute Gasteiger partial charge is 0.253 e. The van der Waals surface area contributed by atoms with Crippen LogP contribution in [0.2, 0.25) is 0 Å². The highest BCUT2D eigenvalue weighted by Gasteiger charge is 2.16. The number of hydrogen-bond acceptors (Lipinski definition) is 2. The van der Waals surface area contributed by atoms with Gasteiger partial charge in [-0.3, -0.25) is 4.79 Å². The van der Waals surface area contributed by atoms with Gasteiger partial charge >= 0.3 is 0 Å². The minimum absolute atomic E-state index is 0.0752. The van der Waals surface area contributed by atoms with E-state index in [1.54, 1.807) is 4.90 Å². The molecule has 0 saturated carbocycles. The first kappa shape index (κ1) is 13.8. The van der Waals surface area contributed by atoms with Crippen molar-refractivity contribution in [3.63, 3.8) is 0 Å². The summed E-state index contributed by atoms with van der Waals surface area (Å²) in [4.78, 5) is 14.3. The van der Waals surface area contributed by atoms with Gasteiger partial charge in [0.1, 0.15) is 0 Å². The van der Waals surface area contributed by atoms with Crippen molar-refractivity contribution in [3.8, 4) is 0 Å². The van der Waals surface area contributed by atoms with Gasteiger partial charge in [0.25, 0.3) is 5.91 Å². The van der Waals surface area contributed by atoms with Crippen LogP contribution in [0.3, 0.4) is 0 Å². The lowest BCUT2D eigenvalue weighted by Crippen LogP contribution is -2.26. The Balaban J connectivity index is 1.75. The van der Waals surface area contributed by atoms with Gasteiger partial charge in [0, 0.05) is 32.2 Å². The van der Waals surface area contributed by atoms with Crippen LogP contribution in [0.15, 0.2) is 42.5 Å². The first-order valence-corrected chi connectivity index (χ1v) is 7.27. The van der Waals surface area contributed by atoms with Crippen LogP contribution < -0.4 is 5.32 Å². The molecule has 1 aliphatic heterocycles. The molecular weight excluding hydrogens is 260 g/mol. The van der Waals surface area contributed by atoms with Crippen LogP contribution in [0.4, 0.5) is 0 Å². The Morgan fingerprint density at radius 1 is 1.14 bits per heavy atom. The molecule has 21 heavy (non-hydrogen) atoms. The molecule has 0 aromatic heterocycles. The summed E-state index contributed by atoms with van der Waals surface area (Å²) in [6.45, 7) is 4.47. The number of rotatable bonds is 3. The number of aryl methyl sites for hydroxylation is 1. The van der Waals surface area contributed by atoms with Crippen LogP contribution in [0.25, 0.3) is 0 Å². The second-order valence-electron chi connectivity index (χ2n) is 5.74. The Hall–Kier alpha value is -2.13. The average Bonchev–Trinajstić information content (AvgIpc) is 2.93. The van der Waals surface area contributed by atoms with Gasteiger partial charge in [-0.1, -0.05) is 35.9 Å². The second-order valence-corrected chi connectivity index (χ2v) is 5.74. The summed E-state index contributed by atoms with van der Waals surface area (Å²) in [5.74, 6) is 0.0752. The standard InChI is InChI=1S/C18H20N2O/c1-13-4-3-5-14(8-13)12-20(2)18(21)15-6-7-16-10-19-11-17(16)9-15/h3-9,19H,10-12H2,1-2H3. The quantitative estimate of drug-likeness (QED) is 0.937. The van der Waals surface area contributed by atoms with Crippen molar-refractivity contribution in [1.82, 2.24) is 10.2 Å². The Bertz CT molecular complexity index is 679. The molecule has 1 heterocycles. The van der Waals surface area contributed by atoms with E-state index in [0.717, 1.165) is 24.2 Å². The van der Waals surface area contributed by atoms with E-state index in [4.69, 9.17) is 0 Å². The maximum atomic E-state index is 12.5. The van der Waals surface area contributed by atoms with Gasteiger partial charge in [-0.15, -0.1) is 0 Å². The summed E-state index contributed by atoms with van der Waals surface area (Å²) < 4.78 is 0. The number of hydrogen-bond donors (Lipinski definition) is 1. The lowest BCUT2D eigenvalue weighted by atomic mass is 10.1. The molecule has 0 fully saturated rings. The molecule has 0 radical (unpaired) electrons. The largest absolute Gasteiger partial charge is 0.337 e. The van der Waals surface area contributed by atoms with Crippen LogP contribution in [-0.4, -0.2) is 17.9 Å². The normalized spacial score (nSPS) is 13.0. The molecule has 3 rings (SSSR count).